The van der Waals surface area contributed by atoms with Crippen LogP contribution in [0.25, 0.3) is 0 Å². The molecule has 0 N–H and O–H groups in total. The van der Waals surface area contributed by atoms with Crippen LogP contribution < -0.4 is 0 Å². The highest BCUT2D eigenvalue weighted by molar-refractivity contribution is 7.89. The molecule has 0 aliphatic carbocycles. The van der Waals surface area contributed by atoms with Gasteiger partial charge in [0.05, 0.1) is 11.4 Å². The Bertz CT molecular complexity index is 523. The van der Waals surface area contributed by atoms with Gasteiger partial charge in [0.2, 0.25) is 0 Å². The van der Waals surface area contributed by atoms with Gasteiger partial charge in [-0.25, -0.2) is 13.2 Å². The van der Waals surface area contributed by atoms with E-state index in [1.807, 2.05) is 0 Å². The van der Waals surface area contributed by atoms with E-state index in [0.717, 1.165) is 4.31 Å². The average molecular weight is 241 g/mol. The molecular formula is C10H11NO4S. The maximum atomic E-state index is 12.1. The lowest BCUT2D eigenvalue weighted by Gasteiger charge is -2.14. The van der Waals surface area contributed by atoms with Gasteiger partial charge in [0.15, 0.2) is 0 Å². The van der Waals surface area contributed by atoms with Crippen molar-refractivity contribution in [2.45, 2.75) is 11.8 Å². The van der Waals surface area contributed by atoms with Crippen LogP contribution in [0.4, 0.5) is 4.79 Å². The molecule has 1 saturated heterocycles. The van der Waals surface area contributed by atoms with Gasteiger partial charge in [-0.05, 0) is 18.6 Å². The highest BCUT2D eigenvalue weighted by Gasteiger charge is 2.35. The minimum atomic E-state index is -3.76. The molecular weight excluding hydrogens is 230 g/mol. The van der Waals surface area contributed by atoms with Crippen molar-refractivity contribution in [2.24, 2.45) is 0 Å². The lowest BCUT2D eigenvalue weighted by molar-refractivity contribution is 0.170. The van der Waals surface area contributed by atoms with E-state index in [1.54, 1.807) is 25.1 Å². The number of amides is 1. The molecule has 1 aromatic carbocycles. The van der Waals surface area contributed by atoms with E-state index in [-0.39, 0.29) is 18.0 Å². The molecule has 6 heteroatoms. The first kappa shape index (κ1) is 10.9. The highest BCUT2D eigenvalue weighted by atomic mass is 32.2. The largest absolute Gasteiger partial charge is 0.447 e. The van der Waals surface area contributed by atoms with Crippen molar-refractivity contribution in [1.82, 2.24) is 4.31 Å². The van der Waals surface area contributed by atoms with Gasteiger partial charge in [-0.15, -0.1) is 0 Å². The van der Waals surface area contributed by atoms with Gasteiger partial charge in [0.1, 0.15) is 6.61 Å². The molecule has 16 heavy (non-hydrogen) atoms. The van der Waals surface area contributed by atoms with Crippen LogP contribution in [0.2, 0.25) is 0 Å². The standard InChI is InChI=1S/C10H11NO4S/c1-8-4-2-3-5-9(8)16(13,14)11-6-7-15-10(11)12/h2-5H,6-7H2,1H3. The quantitative estimate of drug-likeness (QED) is 0.778. The lowest BCUT2D eigenvalue weighted by Crippen LogP contribution is -2.32. The number of hydrogen-bond donors (Lipinski definition) is 0. The van der Waals surface area contributed by atoms with Crippen LogP contribution in [0.3, 0.4) is 0 Å². The summed E-state index contributed by atoms with van der Waals surface area (Å²) in [5.41, 5.74) is 0.613. The number of hydrogen-bond acceptors (Lipinski definition) is 4. The molecule has 1 aliphatic heterocycles. The average Bonchev–Trinajstić information content (AvgIpc) is 2.65. The van der Waals surface area contributed by atoms with Gasteiger partial charge >= 0.3 is 6.09 Å². The highest BCUT2D eigenvalue weighted by Crippen LogP contribution is 2.21. The smallest absolute Gasteiger partial charge is 0.424 e. The minimum Gasteiger partial charge on any atom is -0.447 e. The molecule has 0 unspecified atom stereocenters. The topological polar surface area (TPSA) is 63.7 Å². The van der Waals surface area contributed by atoms with Crippen LogP contribution in [0.15, 0.2) is 29.2 Å². The molecule has 1 amide bonds. The molecule has 1 aromatic rings. The molecule has 1 fully saturated rings. The maximum absolute atomic E-state index is 12.1. The van der Waals surface area contributed by atoms with Crippen LogP contribution in [-0.4, -0.2) is 32.0 Å². The van der Waals surface area contributed by atoms with Gasteiger partial charge < -0.3 is 4.74 Å². The van der Waals surface area contributed by atoms with Gasteiger partial charge in [0, 0.05) is 0 Å². The number of ether oxygens (including phenoxy) is 1. The second kappa shape index (κ2) is 3.79. The van der Waals surface area contributed by atoms with Crippen molar-refractivity contribution in [3.8, 4) is 0 Å². The van der Waals surface area contributed by atoms with Gasteiger partial charge in [-0.3, -0.25) is 0 Å². The first-order chi connectivity index (χ1) is 7.53. The Morgan fingerprint density at radius 1 is 1.31 bits per heavy atom. The summed E-state index contributed by atoms with van der Waals surface area (Å²) in [6.07, 6.45) is -0.803. The molecule has 0 saturated carbocycles. The fourth-order valence-electron chi connectivity index (χ4n) is 1.56. The summed E-state index contributed by atoms with van der Waals surface area (Å²) in [7, 11) is -3.76. The van der Waals surface area contributed by atoms with E-state index < -0.39 is 16.1 Å². The van der Waals surface area contributed by atoms with E-state index in [0.29, 0.717) is 5.56 Å². The van der Waals surface area contributed by atoms with Crippen LogP contribution in [-0.2, 0) is 14.8 Å². The second-order valence-corrected chi connectivity index (χ2v) is 5.29. The molecule has 0 aromatic heterocycles. The van der Waals surface area contributed by atoms with E-state index >= 15 is 0 Å². The first-order valence-corrected chi connectivity index (χ1v) is 6.22. The maximum Gasteiger partial charge on any atom is 0.424 e. The molecule has 0 atom stereocenters. The third kappa shape index (κ3) is 1.65. The number of sulfonamides is 1. The lowest BCUT2D eigenvalue weighted by atomic mass is 10.2. The normalized spacial score (nSPS) is 16.3. The summed E-state index contributed by atoms with van der Waals surface area (Å²) >= 11 is 0. The number of carbonyl (C=O) groups excluding carboxylic acids is 1. The molecule has 5 nitrogen and oxygen atoms in total. The zero-order chi connectivity index (χ0) is 11.8. The Hall–Kier alpha value is -1.56. The summed E-state index contributed by atoms with van der Waals surface area (Å²) in [6, 6.07) is 6.54. The summed E-state index contributed by atoms with van der Waals surface area (Å²) in [6.45, 7) is 1.88. The van der Waals surface area contributed by atoms with E-state index in [1.165, 1.54) is 6.07 Å². The fraction of sp³-hybridized carbons (Fsp3) is 0.300. The first-order valence-electron chi connectivity index (χ1n) is 4.78. The van der Waals surface area contributed by atoms with Gasteiger partial charge in [-0.2, -0.15) is 4.31 Å². The molecule has 0 bridgehead atoms. The van der Waals surface area contributed by atoms with Crippen LogP contribution >= 0.6 is 0 Å². The zero-order valence-corrected chi connectivity index (χ0v) is 9.53. The van der Waals surface area contributed by atoms with E-state index in [9.17, 15) is 13.2 Å². The number of carbonyl (C=O) groups is 1. The van der Waals surface area contributed by atoms with Crippen molar-refractivity contribution in [3.05, 3.63) is 29.8 Å². The van der Waals surface area contributed by atoms with Crippen molar-refractivity contribution < 1.29 is 17.9 Å². The van der Waals surface area contributed by atoms with Crippen molar-refractivity contribution in [3.63, 3.8) is 0 Å². The van der Waals surface area contributed by atoms with E-state index in [2.05, 4.69) is 4.74 Å². The Morgan fingerprint density at radius 2 is 2.00 bits per heavy atom. The predicted octanol–water partition coefficient (Wildman–Crippen LogP) is 1.14. The van der Waals surface area contributed by atoms with Crippen LogP contribution in [0.1, 0.15) is 5.56 Å². The molecule has 86 valence electrons. The SMILES string of the molecule is Cc1ccccc1S(=O)(=O)N1CCOC1=O. The minimum absolute atomic E-state index is 0.0789. The van der Waals surface area contributed by atoms with Gasteiger partial charge in [0.25, 0.3) is 10.0 Å². The molecule has 1 heterocycles. The van der Waals surface area contributed by atoms with Crippen molar-refractivity contribution in [1.29, 1.82) is 0 Å². The Labute approximate surface area is 93.7 Å². The number of nitrogens with zero attached hydrogens (tertiary/aromatic N) is 1. The summed E-state index contributed by atoms with van der Waals surface area (Å²) in [5.74, 6) is 0. The second-order valence-electron chi connectivity index (χ2n) is 3.46. The number of cyclic esters (lactones) is 1. The monoisotopic (exact) mass is 241 g/mol. The van der Waals surface area contributed by atoms with Crippen molar-refractivity contribution in [2.75, 3.05) is 13.2 Å². The Morgan fingerprint density at radius 3 is 2.56 bits per heavy atom. The van der Waals surface area contributed by atoms with E-state index in [4.69, 9.17) is 0 Å². The third-order valence-electron chi connectivity index (χ3n) is 2.39. The Balaban J connectivity index is 2.47. The summed E-state index contributed by atoms with van der Waals surface area (Å²) in [5, 5.41) is 0. The zero-order valence-electron chi connectivity index (χ0n) is 8.71. The van der Waals surface area contributed by atoms with Gasteiger partial charge in [-0.1, -0.05) is 18.2 Å². The molecule has 1 aliphatic rings. The number of benzene rings is 1. The summed E-state index contributed by atoms with van der Waals surface area (Å²) < 4.78 is 29.6. The molecule has 0 radical (unpaired) electrons. The summed E-state index contributed by atoms with van der Waals surface area (Å²) in [4.78, 5) is 11.4. The predicted molar refractivity (Wildman–Crippen MR) is 56.4 cm³/mol. The number of aryl methyl sites for hydroxylation is 1. The van der Waals surface area contributed by atoms with Crippen LogP contribution in [0, 0.1) is 6.92 Å². The third-order valence-corrected chi connectivity index (χ3v) is 4.31. The van der Waals surface area contributed by atoms with Crippen molar-refractivity contribution >= 4 is 16.1 Å². The number of rotatable bonds is 2. The molecule has 2 rings (SSSR count). The van der Waals surface area contributed by atoms with Crippen LogP contribution in [0.5, 0.6) is 0 Å². The molecule has 0 spiro atoms. The Kier molecular flexibility index (Phi) is 2.59. The fourth-order valence-corrected chi connectivity index (χ4v) is 3.09.